The highest BCUT2D eigenvalue weighted by atomic mass is 16.5. The summed E-state index contributed by atoms with van der Waals surface area (Å²) in [5.74, 6) is -0.773. The summed E-state index contributed by atoms with van der Waals surface area (Å²) < 4.78 is 5.15. The first-order valence-electron chi connectivity index (χ1n) is 9.50. The normalized spacial score (nSPS) is 11.1. The van der Waals surface area contributed by atoms with E-state index in [-0.39, 0.29) is 17.5 Å². The second-order valence-corrected chi connectivity index (χ2v) is 6.43. The molecule has 1 rings (SSSR count). The fraction of sp³-hybridized carbons (Fsp3) is 0.571. The van der Waals surface area contributed by atoms with Crippen LogP contribution < -0.4 is 0 Å². The van der Waals surface area contributed by atoms with Crippen LogP contribution in [0.4, 0.5) is 0 Å². The number of aromatic hydroxyl groups is 2. The predicted octanol–water partition coefficient (Wildman–Crippen LogP) is 5.58. The zero-order valence-corrected chi connectivity index (χ0v) is 15.4. The maximum absolute atomic E-state index is 11.6. The Morgan fingerprint density at radius 2 is 1.52 bits per heavy atom. The number of unbranched alkanes of at least 4 members (excludes halogenated alkanes) is 9. The van der Waals surface area contributed by atoms with E-state index in [0.29, 0.717) is 12.2 Å². The number of benzene rings is 1. The van der Waals surface area contributed by atoms with Crippen LogP contribution in [0.25, 0.3) is 6.08 Å². The van der Waals surface area contributed by atoms with Crippen molar-refractivity contribution in [3.63, 3.8) is 0 Å². The Morgan fingerprint density at radius 1 is 0.920 bits per heavy atom. The molecule has 140 valence electrons. The molecular formula is C21H32O4. The van der Waals surface area contributed by atoms with Gasteiger partial charge < -0.3 is 14.9 Å². The summed E-state index contributed by atoms with van der Waals surface area (Å²) in [5.41, 5.74) is 0.631. The molecule has 0 unspecified atom stereocenters. The van der Waals surface area contributed by atoms with E-state index in [1.54, 1.807) is 12.1 Å². The van der Waals surface area contributed by atoms with Gasteiger partial charge in [-0.05, 0) is 30.2 Å². The molecule has 0 fully saturated rings. The molecule has 0 saturated heterocycles. The number of carbonyl (C=O) groups is 1. The lowest BCUT2D eigenvalue weighted by molar-refractivity contribution is -0.137. The van der Waals surface area contributed by atoms with Gasteiger partial charge in [0.05, 0.1) is 6.61 Å². The van der Waals surface area contributed by atoms with E-state index in [0.717, 1.165) is 12.8 Å². The average Bonchev–Trinajstić information content (AvgIpc) is 2.60. The van der Waals surface area contributed by atoms with E-state index in [9.17, 15) is 15.0 Å². The van der Waals surface area contributed by atoms with Crippen LogP contribution in [0.2, 0.25) is 0 Å². The molecule has 0 atom stereocenters. The Kier molecular flexibility index (Phi) is 11.2. The van der Waals surface area contributed by atoms with Crippen LogP contribution in [0.1, 0.15) is 76.7 Å². The maximum Gasteiger partial charge on any atom is 0.330 e. The van der Waals surface area contributed by atoms with Gasteiger partial charge in [-0.15, -0.1) is 0 Å². The lowest BCUT2D eigenvalue weighted by Crippen LogP contribution is -2.02. The first kappa shape index (κ1) is 21.1. The second-order valence-electron chi connectivity index (χ2n) is 6.43. The van der Waals surface area contributed by atoms with Gasteiger partial charge in [0.15, 0.2) is 11.5 Å². The lowest BCUT2D eigenvalue weighted by atomic mass is 10.1. The highest BCUT2D eigenvalue weighted by molar-refractivity contribution is 5.87. The van der Waals surface area contributed by atoms with Crippen LogP contribution in [0.3, 0.4) is 0 Å². The number of esters is 1. The summed E-state index contributed by atoms with van der Waals surface area (Å²) in [7, 11) is 0. The highest BCUT2D eigenvalue weighted by Crippen LogP contribution is 2.25. The summed E-state index contributed by atoms with van der Waals surface area (Å²) in [6, 6.07) is 4.38. The fourth-order valence-electron chi connectivity index (χ4n) is 2.62. The van der Waals surface area contributed by atoms with Crippen LogP contribution in [0.15, 0.2) is 24.3 Å². The first-order chi connectivity index (χ1) is 12.1. The van der Waals surface area contributed by atoms with Crippen LogP contribution in [0, 0.1) is 0 Å². The Balaban J connectivity index is 2.01. The molecule has 0 amide bonds. The smallest absolute Gasteiger partial charge is 0.330 e. The van der Waals surface area contributed by atoms with Crippen LogP contribution >= 0.6 is 0 Å². The van der Waals surface area contributed by atoms with E-state index in [1.807, 2.05) is 0 Å². The number of carbonyl (C=O) groups excluding carboxylic acids is 1. The summed E-state index contributed by atoms with van der Waals surface area (Å²) in [6.45, 7) is 2.68. The van der Waals surface area contributed by atoms with E-state index >= 15 is 0 Å². The summed E-state index contributed by atoms with van der Waals surface area (Å²) in [6.07, 6.45) is 15.4. The number of hydrogen-bond donors (Lipinski definition) is 2. The molecule has 0 aliphatic heterocycles. The molecule has 0 bridgehead atoms. The summed E-state index contributed by atoms with van der Waals surface area (Å²) in [5, 5.41) is 18.6. The summed E-state index contributed by atoms with van der Waals surface area (Å²) in [4.78, 5) is 11.6. The molecule has 4 heteroatoms. The zero-order chi connectivity index (χ0) is 18.3. The molecule has 0 radical (unpaired) electrons. The van der Waals surface area contributed by atoms with Crippen molar-refractivity contribution < 1.29 is 19.7 Å². The first-order valence-corrected chi connectivity index (χ1v) is 9.50. The van der Waals surface area contributed by atoms with Crippen molar-refractivity contribution in [2.24, 2.45) is 0 Å². The lowest BCUT2D eigenvalue weighted by Gasteiger charge is -2.03. The predicted molar refractivity (Wildman–Crippen MR) is 102 cm³/mol. The van der Waals surface area contributed by atoms with Gasteiger partial charge in [-0.2, -0.15) is 0 Å². The number of rotatable bonds is 13. The highest BCUT2D eigenvalue weighted by Gasteiger charge is 2.00. The third-order valence-corrected chi connectivity index (χ3v) is 4.15. The number of phenols is 2. The molecule has 0 heterocycles. The molecule has 0 aliphatic carbocycles. The Hall–Kier alpha value is -1.97. The number of phenolic OH excluding ortho intramolecular Hbond substituents is 2. The number of hydrogen-bond acceptors (Lipinski definition) is 4. The largest absolute Gasteiger partial charge is 0.504 e. The molecule has 0 aromatic heterocycles. The molecule has 1 aromatic rings. The Bertz CT molecular complexity index is 523. The van der Waals surface area contributed by atoms with Gasteiger partial charge in [0.25, 0.3) is 0 Å². The standard InChI is InChI=1S/C21H32O4/c1-2-3-4-5-6-7-8-9-10-11-16-25-21(24)15-13-18-12-14-19(22)20(23)17-18/h12-15,17,22-23H,2-11,16H2,1H3. The van der Waals surface area contributed by atoms with Crippen LogP contribution in [-0.4, -0.2) is 22.8 Å². The van der Waals surface area contributed by atoms with E-state index in [1.165, 1.54) is 69.6 Å². The molecule has 25 heavy (non-hydrogen) atoms. The van der Waals surface area contributed by atoms with Gasteiger partial charge in [0.1, 0.15) is 0 Å². The zero-order valence-electron chi connectivity index (χ0n) is 15.4. The molecule has 0 spiro atoms. The summed E-state index contributed by atoms with van der Waals surface area (Å²) >= 11 is 0. The Labute approximate surface area is 151 Å². The van der Waals surface area contributed by atoms with Gasteiger partial charge in [-0.3, -0.25) is 0 Å². The van der Waals surface area contributed by atoms with Gasteiger partial charge in [0, 0.05) is 6.08 Å². The van der Waals surface area contributed by atoms with Gasteiger partial charge >= 0.3 is 5.97 Å². The van der Waals surface area contributed by atoms with Gasteiger partial charge in [-0.25, -0.2) is 4.79 Å². The van der Waals surface area contributed by atoms with Crippen molar-refractivity contribution in [2.45, 2.75) is 71.1 Å². The van der Waals surface area contributed by atoms with E-state index in [4.69, 9.17) is 4.74 Å². The van der Waals surface area contributed by atoms with Crippen molar-refractivity contribution in [1.82, 2.24) is 0 Å². The van der Waals surface area contributed by atoms with Crippen molar-refractivity contribution in [2.75, 3.05) is 6.61 Å². The van der Waals surface area contributed by atoms with Crippen molar-refractivity contribution in [3.8, 4) is 11.5 Å². The monoisotopic (exact) mass is 348 g/mol. The van der Waals surface area contributed by atoms with Gasteiger partial charge in [0.2, 0.25) is 0 Å². The minimum atomic E-state index is -0.386. The average molecular weight is 348 g/mol. The van der Waals surface area contributed by atoms with Crippen molar-refractivity contribution in [1.29, 1.82) is 0 Å². The fourth-order valence-corrected chi connectivity index (χ4v) is 2.62. The van der Waals surface area contributed by atoms with Gasteiger partial charge in [-0.1, -0.05) is 70.8 Å². The number of ether oxygens (including phenoxy) is 1. The molecule has 0 aliphatic rings. The second kappa shape index (κ2) is 13.3. The third kappa shape index (κ3) is 10.5. The molecular weight excluding hydrogens is 316 g/mol. The van der Waals surface area contributed by atoms with E-state index in [2.05, 4.69) is 6.92 Å². The minimum Gasteiger partial charge on any atom is -0.504 e. The Morgan fingerprint density at radius 3 is 2.12 bits per heavy atom. The minimum absolute atomic E-state index is 0.180. The maximum atomic E-state index is 11.6. The van der Waals surface area contributed by atoms with E-state index < -0.39 is 0 Å². The molecule has 4 nitrogen and oxygen atoms in total. The molecule has 1 aromatic carbocycles. The third-order valence-electron chi connectivity index (χ3n) is 4.15. The SMILES string of the molecule is CCCCCCCCCCCCOC(=O)C=Cc1ccc(O)c(O)c1. The van der Waals surface area contributed by atoms with Crippen molar-refractivity contribution in [3.05, 3.63) is 29.8 Å². The van der Waals surface area contributed by atoms with Crippen LogP contribution in [0.5, 0.6) is 11.5 Å². The topological polar surface area (TPSA) is 66.8 Å². The molecule has 0 saturated carbocycles. The van der Waals surface area contributed by atoms with Crippen molar-refractivity contribution >= 4 is 12.0 Å². The molecule has 2 N–H and O–H groups in total. The van der Waals surface area contributed by atoms with Crippen LogP contribution in [-0.2, 0) is 9.53 Å². The quantitative estimate of drug-likeness (QED) is 0.211.